The third-order valence-electron chi connectivity index (χ3n) is 3.53. The van der Waals surface area contributed by atoms with Crippen LogP contribution in [0.2, 0.25) is 0 Å². The number of ether oxygens (including phenoxy) is 1. The summed E-state index contributed by atoms with van der Waals surface area (Å²) in [6.45, 7) is 6.46. The zero-order valence-corrected chi connectivity index (χ0v) is 14.1. The van der Waals surface area contributed by atoms with Gasteiger partial charge in [0.1, 0.15) is 6.10 Å². The standard InChI is InChI=1S/C18H23NO2S/c1-13(2)17(16-10-7-11-22-16)19-18(20)14(3)21-12-15-8-5-4-6-9-15/h4-11,13-14,17H,12H2,1-3H3,(H,19,20). The molecule has 0 spiro atoms. The number of thiophene rings is 1. The van der Waals surface area contributed by atoms with Gasteiger partial charge in [0.25, 0.3) is 0 Å². The van der Waals surface area contributed by atoms with Crippen LogP contribution >= 0.6 is 11.3 Å². The molecule has 3 nitrogen and oxygen atoms in total. The lowest BCUT2D eigenvalue weighted by Crippen LogP contribution is -2.38. The molecule has 1 heterocycles. The summed E-state index contributed by atoms with van der Waals surface area (Å²) in [5.41, 5.74) is 1.07. The molecule has 0 radical (unpaired) electrons. The minimum atomic E-state index is -0.471. The Morgan fingerprint density at radius 2 is 1.86 bits per heavy atom. The monoisotopic (exact) mass is 317 g/mol. The second-order valence-electron chi connectivity index (χ2n) is 5.68. The Morgan fingerprint density at radius 1 is 1.14 bits per heavy atom. The normalized spacial score (nSPS) is 13.8. The summed E-state index contributed by atoms with van der Waals surface area (Å²) >= 11 is 1.67. The van der Waals surface area contributed by atoms with Crippen LogP contribution in [0.25, 0.3) is 0 Å². The van der Waals surface area contributed by atoms with Crippen LogP contribution in [0.15, 0.2) is 47.8 Å². The second kappa shape index (κ2) is 8.11. The molecule has 0 saturated carbocycles. The van der Waals surface area contributed by atoms with Gasteiger partial charge >= 0.3 is 0 Å². The van der Waals surface area contributed by atoms with Gasteiger partial charge in [-0.2, -0.15) is 0 Å². The first-order valence-corrected chi connectivity index (χ1v) is 8.45. The first-order chi connectivity index (χ1) is 10.6. The molecule has 1 aromatic carbocycles. The van der Waals surface area contributed by atoms with Gasteiger partial charge in [-0.05, 0) is 29.9 Å². The van der Waals surface area contributed by atoms with Gasteiger partial charge in [-0.25, -0.2) is 0 Å². The van der Waals surface area contributed by atoms with E-state index < -0.39 is 6.10 Å². The van der Waals surface area contributed by atoms with Gasteiger partial charge in [0, 0.05) is 4.88 Å². The van der Waals surface area contributed by atoms with E-state index in [1.807, 2.05) is 41.8 Å². The summed E-state index contributed by atoms with van der Waals surface area (Å²) in [7, 11) is 0. The average molecular weight is 317 g/mol. The molecule has 2 rings (SSSR count). The highest BCUT2D eigenvalue weighted by Gasteiger charge is 2.22. The molecule has 0 aliphatic rings. The molecule has 4 heteroatoms. The summed E-state index contributed by atoms with van der Waals surface area (Å²) in [6, 6.07) is 14.0. The number of carbonyl (C=O) groups excluding carboxylic acids is 1. The fraction of sp³-hybridized carbons (Fsp3) is 0.389. The Kier molecular flexibility index (Phi) is 6.16. The number of hydrogen-bond acceptors (Lipinski definition) is 3. The van der Waals surface area contributed by atoms with Crippen LogP contribution in [0.3, 0.4) is 0 Å². The number of hydrogen-bond donors (Lipinski definition) is 1. The molecule has 22 heavy (non-hydrogen) atoms. The highest BCUT2D eigenvalue weighted by atomic mass is 32.1. The fourth-order valence-corrected chi connectivity index (χ4v) is 3.13. The molecule has 2 unspecified atom stereocenters. The molecule has 2 atom stereocenters. The van der Waals surface area contributed by atoms with E-state index in [9.17, 15) is 4.79 Å². The van der Waals surface area contributed by atoms with Crippen molar-refractivity contribution in [3.05, 3.63) is 58.3 Å². The highest BCUT2D eigenvalue weighted by Crippen LogP contribution is 2.25. The third kappa shape index (κ3) is 4.68. The lowest BCUT2D eigenvalue weighted by Gasteiger charge is -2.23. The van der Waals surface area contributed by atoms with E-state index in [4.69, 9.17) is 4.74 Å². The molecule has 0 fully saturated rings. The maximum atomic E-state index is 12.3. The SMILES string of the molecule is CC(OCc1ccccc1)C(=O)NC(c1cccs1)C(C)C. The van der Waals surface area contributed by atoms with Gasteiger partial charge in [0.2, 0.25) is 5.91 Å². The minimum absolute atomic E-state index is 0.0373. The van der Waals surface area contributed by atoms with Crippen molar-refractivity contribution in [1.29, 1.82) is 0 Å². The number of nitrogens with one attached hydrogen (secondary N) is 1. The van der Waals surface area contributed by atoms with Crippen LogP contribution in [0.5, 0.6) is 0 Å². The molecule has 0 aliphatic heterocycles. The van der Waals surface area contributed by atoms with Crippen LogP contribution in [-0.4, -0.2) is 12.0 Å². The van der Waals surface area contributed by atoms with Gasteiger partial charge in [-0.15, -0.1) is 11.3 Å². The van der Waals surface area contributed by atoms with Crippen molar-refractivity contribution in [2.24, 2.45) is 5.92 Å². The van der Waals surface area contributed by atoms with Crippen LogP contribution in [0.1, 0.15) is 37.3 Å². The molecule has 1 amide bonds. The fourth-order valence-electron chi connectivity index (χ4n) is 2.18. The van der Waals surface area contributed by atoms with E-state index >= 15 is 0 Å². The van der Waals surface area contributed by atoms with Gasteiger partial charge < -0.3 is 10.1 Å². The van der Waals surface area contributed by atoms with Crippen LogP contribution in [-0.2, 0) is 16.1 Å². The van der Waals surface area contributed by atoms with E-state index in [1.54, 1.807) is 18.3 Å². The van der Waals surface area contributed by atoms with Gasteiger partial charge in [0.05, 0.1) is 12.6 Å². The molecule has 0 saturated heterocycles. The Hall–Kier alpha value is -1.65. The van der Waals surface area contributed by atoms with E-state index in [-0.39, 0.29) is 11.9 Å². The third-order valence-corrected chi connectivity index (χ3v) is 4.48. The average Bonchev–Trinajstić information content (AvgIpc) is 3.04. The van der Waals surface area contributed by atoms with E-state index in [0.717, 1.165) is 5.56 Å². The van der Waals surface area contributed by atoms with Crippen LogP contribution in [0, 0.1) is 5.92 Å². The summed E-state index contributed by atoms with van der Waals surface area (Å²) in [5.74, 6) is 0.270. The quantitative estimate of drug-likeness (QED) is 0.832. The molecule has 118 valence electrons. The lowest BCUT2D eigenvalue weighted by molar-refractivity contribution is -0.133. The summed E-state index contributed by atoms with van der Waals surface area (Å²) in [4.78, 5) is 13.5. The first kappa shape index (κ1) is 16.7. The predicted octanol–water partition coefficient (Wildman–Crippen LogP) is 4.17. The number of rotatable bonds is 7. The molecular formula is C18H23NO2S. The maximum absolute atomic E-state index is 12.3. The van der Waals surface area contributed by atoms with Crippen LogP contribution < -0.4 is 5.32 Å². The summed E-state index contributed by atoms with van der Waals surface area (Å²) < 4.78 is 5.68. The van der Waals surface area contributed by atoms with Crippen molar-refractivity contribution in [1.82, 2.24) is 5.32 Å². The summed E-state index contributed by atoms with van der Waals surface area (Å²) in [5, 5.41) is 5.14. The number of amides is 1. The van der Waals surface area contributed by atoms with Crippen molar-refractivity contribution in [3.8, 4) is 0 Å². The lowest BCUT2D eigenvalue weighted by atomic mass is 10.0. The second-order valence-corrected chi connectivity index (χ2v) is 6.66. The highest BCUT2D eigenvalue weighted by molar-refractivity contribution is 7.10. The maximum Gasteiger partial charge on any atom is 0.249 e. The first-order valence-electron chi connectivity index (χ1n) is 7.57. The van der Waals surface area contributed by atoms with E-state index in [0.29, 0.717) is 12.5 Å². The van der Waals surface area contributed by atoms with E-state index in [2.05, 4.69) is 25.2 Å². The van der Waals surface area contributed by atoms with Crippen molar-refractivity contribution >= 4 is 17.2 Å². The Bertz CT molecular complexity index is 566. The van der Waals surface area contributed by atoms with Gasteiger partial charge in [0.15, 0.2) is 0 Å². The Balaban J connectivity index is 1.89. The van der Waals surface area contributed by atoms with Crippen molar-refractivity contribution in [2.75, 3.05) is 0 Å². The molecular weight excluding hydrogens is 294 g/mol. The molecule has 0 aliphatic carbocycles. The molecule has 2 aromatic rings. The van der Waals surface area contributed by atoms with Gasteiger partial charge in [-0.3, -0.25) is 4.79 Å². The van der Waals surface area contributed by atoms with Crippen molar-refractivity contribution in [2.45, 2.75) is 39.5 Å². The molecule has 0 bridgehead atoms. The smallest absolute Gasteiger partial charge is 0.249 e. The van der Waals surface area contributed by atoms with Crippen LogP contribution in [0.4, 0.5) is 0 Å². The van der Waals surface area contributed by atoms with E-state index in [1.165, 1.54) is 4.88 Å². The zero-order chi connectivity index (χ0) is 15.9. The summed E-state index contributed by atoms with van der Waals surface area (Å²) in [6.07, 6.45) is -0.471. The molecule has 1 aromatic heterocycles. The largest absolute Gasteiger partial charge is 0.364 e. The predicted molar refractivity (Wildman–Crippen MR) is 90.7 cm³/mol. The zero-order valence-electron chi connectivity index (χ0n) is 13.3. The van der Waals surface area contributed by atoms with Crippen molar-refractivity contribution in [3.63, 3.8) is 0 Å². The number of carbonyl (C=O) groups is 1. The Morgan fingerprint density at radius 3 is 2.45 bits per heavy atom. The topological polar surface area (TPSA) is 38.3 Å². The number of benzene rings is 1. The molecule has 1 N–H and O–H groups in total. The van der Waals surface area contributed by atoms with Crippen molar-refractivity contribution < 1.29 is 9.53 Å². The van der Waals surface area contributed by atoms with Gasteiger partial charge in [-0.1, -0.05) is 50.2 Å². The minimum Gasteiger partial charge on any atom is -0.364 e. The Labute approximate surface area is 136 Å².